The van der Waals surface area contributed by atoms with Crippen molar-refractivity contribution in [1.29, 1.82) is 0 Å². The Bertz CT molecular complexity index is 1340. The van der Waals surface area contributed by atoms with Crippen LogP contribution in [0.3, 0.4) is 0 Å². The molecule has 0 spiro atoms. The SMILES string of the molecule is C=N/C=C1\C(=N/CNc2ccc(C3CCN(C)C3)nc2)N(C2=CCC=CC(N(C)C(C)COC=O)=N2)C[C@@]1(C)COC(C)(C)C. The van der Waals surface area contributed by atoms with Crippen LogP contribution in [-0.2, 0) is 14.3 Å². The van der Waals surface area contributed by atoms with Crippen LogP contribution in [0.15, 0.2) is 69.1 Å². The van der Waals surface area contributed by atoms with Crippen LogP contribution in [0.5, 0.6) is 0 Å². The number of hydrogen-bond donors (Lipinski definition) is 1. The third-order valence-corrected chi connectivity index (χ3v) is 8.44. The molecule has 11 nitrogen and oxygen atoms in total. The van der Waals surface area contributed by atoms with Gasteiger partial charge in [0.05, 0.1) is 30.1 Å². The standard InChI is InChI=1S/C34H50N8O3/c1-25(20-44-24-43)41(8)30-11-9-10-12-31(39-30)42-21-34(5,22-45-33(2,3)4)28(18-35-6)32(42)38-23-37-27-13-14-29(36-17-27)26-15-16-40(7)19-26/h9,11-14,17-18,24-26,37H,6,10,15-16,19-23H2,1-5,7-8H3/b28-18+,38-32+/t25?,26?,34-/m0/s1. The molecule has 0 amide bonds. The van der Waals surface area contributed by atoms with Gasteiger partial charge in [-0.15, -0.1) is 0 Å². The maximum atomic E-state index is 10.8. The second-order valence-corrected chi connectivity index (χ2v) is 13.4. The molecule has 4 heterocycles. The lowest BCUT2D eigenvalue weighted by molar-refractivity contribution is -0.129. The lowest BCUT2D eigenvalue weighted by atomic mass is 9.85. The number of carbonyl (C=O) groups is 1. The van der Waals surface area contributed by atoms with Gasteiger partial charge in [0, 0.05) is 48.9 Å². The predicted octanol–water partition coefficient (Wildman–Crippen LogP) is 4.68. The molecule has 11 heteroatoms. The largest absolute Gasteiger partial charge is 0.466 e. The summed E-state index contributed by atoms with van der Waals surface area (Å²) in [6.45, 7) is 18.4. The highest BCUT2D eigenvalue weighted by atomic mass is 16.5. The van der Waals surface area contributed by atoms with Crippen LogP contribution in [0.4, 0.5) is 5.69 Å². The summed E-state index contributed by atoms with van der Waals surface area (Å²) in [7, 11) is 4.11. The molecule has 0 aliphatic carbocycles. The summed E-state index contributed by atoms with van der Waals surface area (Å²) in [5.74, 6) is 2.80. The highest BCUT2D eigenvalue weighted by molar-refractivity contribution is 6.03. The van der Waals surface area contributed by atoms with Gasteiger partial charge in [0.1, 0.15) is 30.8 Å². The zero-order valence-corrected chi connectivity index (χ0v) is 28.0. The van der Waals surface area contributed by atoms with Crippen LogP contribution < -0.4 is 5.32 Å². The Hall–Kier alpha value is -3.83. The van der Waals surface area contributed by atoms with E-state index in [0.29, 0.717) is 38.6 Å². The molecule has 0 aromatic carbocycles. The molecule has 4 rings (SSSR count). The van der Waals surface area contributed by atoms with Crippen LogP contribution in [0.1, 0.15) is 59.1 Å². The third-order valence-electron chi connectivity index (χ3n) is 8.44. The fourth-order valence-electron chi connectivity index (χ4n) is 5.65. The molecule has 1 aromatic heterocycles. The van der Waals surface area contributed by atoms with Gasteiger partial charge in [0.15, 0.2) is 0 Å². The predicted molar refractivity (Wildman–Crippen MR) is 182 cm³/mol. The summed E-state index contributed by atoms with van der Waals surface area (Å²) in [4.78, 5) is 36.4. The molecule has 0 saturated carbocycles. The van der Waals surface area contributed by atoms with E-state index in [9.17, 15) is 4.79 Å². The molecule has 2 fully saturated rings. The monoisotopic (exact) mass is 618 g/mol. The summed E-state index contributed by atoms with van der Waals surface area (Å²) in [5, 5.41) is 3.43. The lowest BCUT2D eigenvalue weighted by Crippen LogP contribution is -2.38. The molecule has 2 unspecified atom stereocenters. The number of hydrogen-bond acceptors (Lipinski definition) is 10. The van der Waals surface area contributed by atoms with E-state index in [1.54, 1.807) is 6.20 Å². The van der Waals surface area contributed by atoms with Gasteiger partial charge in [-0.1, -0.05) is 13.0 Å². The number of likely N-dealkylation sites (tertiary alicyclic amines) is 2. The van der Waals surface area contributed by atoms with E-state index < -0.39 is 5.41 Å². The Kier molecular flexibility index (Phi) is 11.3. The van der Waals surface area contributed by atoms with E-state index in [1.807, 2.05) is 31.1 Å². The molecule has 244 valence electrons. The van der Waals surface area contributed by atoms with Gasteiger partial charge >= 0.3 is 0 Å². The average molecular weight is 619 g/mol. The minimum atomic E-state index is -0.418. The van der Waals surface area contributed by atoms with Crippen molar-refractivity contribution in [3.63, 3.8) is 0 Å². The lowest BCUT2D eigenvalue weighted by Gasteiger charge is -2.30. The molecule has 3 atom stereocenters. The number of anilines is 1. The van der Waals surface area contributed by atoms with Crippen molar-refractivity contribution in [1.82, 2.24) is 19.7 Å². The summed E-state index contributed by atoms with van der Waals surface area (Å²) < 4.78 is 11.4. The molecule has 0 bridgehead atoms. The van der Waals surface area contributed by atoms with Crippen LogP contribution in [0.25, 0.3) is 0 Å². The Balaban J connectivity index is 1.62. The number of likely N-dealkylation sites (N-methyl/N-ethyl adjacent to an activating group) is 2. The Morgan fingerprint density at radius 1 is 1.33 bits per heavy atom. The fourth-order valence-corrected chi connectivity index (χ4v) is 5.65. The minimum absolute atomic E-state index is 0.0608. The second-order valence-electron chi connectivity index (χ2n) is 13.4. The Labute approximate surface area is 268 Å². The van der Waals surface area contributed by atoms with Crippen molar-refractivity contribution in [2.24, 2.45) is 20.4 Å². The number of nitrogens with zero attached hydrogens (tertiary/aromatic N) is 7. The molecule has 1 aromatic rings. The van der Waals surface area contributed by atoms with Gasteiger partial charge in [-0.2, -0.15) is 0 Å². The molecular formula is C34H50N8O3. The first-order valence-corrected chi connectivity index (χ1v) is 15.7. The normalized spacial score (nSPS) is 24.8. The van der Waals surface area contributed by atoms with Gasteiger partial charge in [-0.3, -0.25) is 14.8 Å². The number of carbonyl (C=O) groups excluding carboxylic acids is 1. The molecule has 1 N–H and O–H groups in total. The highest BCUT2D eigenvalue weighted by Gasteiger charge is 2.45. The van der Waals surface area contributed by atoms with E-state index >= 15 is 0 Å². The average Bonchev–Trinajstić information content (AvgIpc) is 3.45. The minimum Gasteiger partial charge on any atom is -0.466 e. The first kappa shape index (κ1) is 34.1. The van der Waals surface area contributed by atoms with Crippen molar-refractivity contribution in [2.75, 3.05) is 58.9 Å². The maximum absolute atomic E-state index is 10.8. The van der Waals surface area contributed by atoms with Crippen molar-refractivity contribution in [3.05, 3.63) is 59.8 Å². The fraction of sp³-hybridized carbons (Fsp3) is 0.559. The number of amidine groups is 2. The molecule has 45 heavy (non-hydrogen) atoms. The number of pyridine rings is 1. The zero-order valence-electron chi connectivity index (χ0n) is 28.0. The topological polar surface area (TPSA) is 107 Å². The number of rotatable bonds is 12. The van der Waals surface area contributed by atoms with Crippen molar-refractivity contribution >= 4 is 30.5 Å². The Morgan fingerprint density at radius 3 is 2.78 bits per heavy atom. The van der Waals surface area contributed by atoms with Gasteiger partial charge in [0.25, 0.3) is 6.47 Å². The van der Waals surface area contributed by atoms with Crippen LogP contribution in [0.2, 0.25) is 0 Å². The number of allylic oxidation sites excluding steroid dienone is 2. The van der Waals surface area contributed by atoms with E-state index in [-0.39, 0.29) is 18.2 Å². The Morgan fingerprint density at radius 2 is 2.13 bits per heavy atom. The number of aromatic nitrogens is 1. The van der Waals surface area contributed by atoms with E-state index in [1.165, 1.54) is 0 Å². The summed E-state index contributed by atoms with van der Waals surface area (Å²) >= 11 is 0. The van der Waals surface area contributed by atoms with Gasteiger partial charge in [0.2, 0.25) is 0 Å². The van der Waals surface area contributed by atoms with Gasteiger partial charge in [-0.25, -0.2) is 9.98 Å². The van der Waals surface area contributed by atoms with E-state index in [0.717, 1.165) is 54.0 Å². The summed E-state index contributed by atoms with van der Waals surface area (Å²) in [6.07, 6.45) is 11.7. The maximum Gasteiger partial charge on any atom is 0.293 e. The van der Waals surface area contributed by atoms with Crippen molar-refractivity contribution in [2.45, 2.75) is 65.0 Å². The van der Waals surface area contributed by atoms with E-state index in [4.69, 9.17) is 24.4 Å². The highest BCUT2D eigenvalue weighted by Crippen LogP contribution is 2.41. The number of nitrogens with one attached hydrogen (secondary N) is 1. The summed E-state index contributed by atoms with van der Waals surface area (Å²) in [6, 6.07) is 4.14. The number of aliphatic imine (C=N–C) groups is 3. The molecule has 0 radical (unpaired) electrons. The molecular weight excluding hydrogens is 568 g/mol. The quantitative estimate of drug-likeness (QED) is 0.266. The first-order chi connectivity index (χ1) is 21.4. The molecule has 3 aliphatic rings. The molecule has 2 saturated heterocycles. The molecule has 3 aliphatic heterocycles. The smallest absolute Gasteiger partial charge is 0.293 e. The van der Waals surface area contributed by atoms with Crippen molar-refractivity contribution in [3.8, 4) is 0 Å². The summed E-state index contributed by atoms with van der Waals surface area (Å²) in [5.41, 5.74) is 2.26. The van der Waals surface area contributed by atoms with Crippen molar-refractivity contribution < 1.29 is 14.3 Å². The van der Waals surface area contributed by atoms with Crippen LogP contribution in [-0.4, -0.2) is 110 Å². The third kappa shape index (κ3) is 8.88. The second kappa shape index (κ2) is 15.0. The van der Waals surface area contributed by atoms with E-state index in [2.05, 4.69) is 85.9 Å². The van der Waals surface area contributed by atoms with Crippen LogP contribution in [0, 0.1) is 5.41 Å². The van der Waals surface area contributed by atoms with Gasteiger partial charge in [-0.05, 0) is 85.1 Å². The number of ether oxygens (including phenoxy) is 2. The van der Waals surface area contributed by atoms with Gasteiger partial charge < -0.3 is 29.5 Å². The zero-order chi connectivity index (χ0) is 32.6. The van der Waals surface area contributed by atoms with Crippen LogP contribution >= 0.6 is 0 Å². The first-order valence-electron chi connectivity index (χ1n) is 15.7.